The van der Waals surface area contributed by atoms with Gasteiger partial charge in [-0.2, -0.15) is 0 Å². The van der Waals surface area contributed by atoms with E-state index in [1.165, 1.54) is 4.90 Å². The molecule has 1 aliphatic heterocycles. The van der Waals surface area contributed by atoms with E-state index in [1.54, 1.807) is 48.7 Å². The number of methoxy groups -OCH3 is 1. The SMILES string of the molecule is COc1ccc(C[C@@H]2[C@H](OC(=O)CC(C)C)[C@@H](OC(=O)OC(C)(C)C)CN2C(=O)OC(C)(C)C)cc1. The van der Waals surface area contributed by atoms with E-state index in [4.69, 9.17) is 23.7 Å². The summed E-state index contributed by atoms with van der Waals surface area (Å²) >= 11 is 0. The maximum absolute atomic E-state index is 13.2. The Hall–Kier alpha value is -2.97. The minimum atomic E-state index is -0.924. The number of carbonyl (C=O) groups is 3. The molecule has 0 N–H and O–H groups in total. The monoisotopic (exact) mass is 507 g/mol. The molecule has 3 atom stereocenters. The van der Waals surface area contributed by atoms with E-state index in [0.717, 1.165) is 5.56 Å². The quantitative estimate of drug-likeness (QED) is 0.370. The first-order valence-electron chi connectivity index (χ1n) is 12.3. The summed E-state index contributed by atoms with van der Waals surface area (Å²) in [6.07, 6.45) is -2.77. The standard InChI is InChI=1S/C27H41NO8/c1-17(2)14-22(29)34-23-20(15-18-10-12-19(32-9)13-11-18)28(24(30)35-26(3,4)5)16-21(23)33-25(31)36-27(6,7)8/h10-13,17,20-21,23H,14-16H2,1-9H3/t20-,21+,23+/m1/s1. The summed E-state index contributed by atoms with van der Waals surface area (Å²) in [5, 5.41) is 0. The molecule has 9 heteroatoms. The highest BCUT2D eigenvalue weighted by atomic mass is 16.7. The van der Waals surface area contributed by atoms with Crippen LogP contribution in [0.1, 0.15) is 67.4 Å². The number of nitrogens with zero attached hydrogens (tertiary/aromatic N) is 1. The summed E-state index contributed by atoms with van der Waals surface area (Å²) in [6.45, 7) is 14.3. The predicted octanol–water partition coefficient (Wildman–Crippen LogP) is 5.14. The molecule has 0 bridgehead atoms. The van der Waals surface area contributed by atoms with Crippen LogP contribution in [0.3, 0.4) is 0 Å². The van der Waals surface area contributed by atoms with E-state index < -0.39 is 47.7 Å². The van der Waals surface area contributed by atoms with Crippen LogP contribution in [0.15, 0.2) is 24.3 Å². The highest BCUT2D eigenvalue weighted by Gasteiger charge is 2.50. The third kappa shape index (κ3) is 9.24. The van der Waals surface area contributed by atoms with Gasteiger partial charge in [-0.05, 0) is 71.6 Å². The number of ether oxygens (including phenoxy) is 5. The van der Waals surface area contributed by atoms with Crippen molar-refractivity contribution in [1.82, 2.24) is 4.90 Å². The molecule has 1 saturated heterocycles. The Bertz CT molecular complexity index is 898. The molecule has 1 heterocycles. The normalized spacial score (nSPS) is 20.2. The molecular weight excluding hydrogens is 466 g/mol. The van der Waals surface area contributed by atoms with E-state index in [9.17, 15) is 14.4 Å². The van der Waals surface area contributed by atoms with Crippen molar-refractivity contribution in [3.63, 3.8) is 0 Å². The van der Waals surface area contributed by atoms with Crippen LogP contribution in [-0.2, 0) is 30.2 Å². The molecule has 0 unspecified atom stereocenters. The fourth-order valence-corrected chi connectivity index (χ4v) is 3.81. The van der Waals surface area contributed by atoms with Crippen LogP contribution in [0.25, 0.3) is 0 Å². The van der Waals surface area contributed by atoms with Gasteiger partial charge >= 0.3 is 18.2 Å². The van der Waals surface area contributed by atoms with Crippen LogP contribution >= 0.6 is 0 Å². The summed E-state index contributed by atoms with van der Waals surface area (Å²) in [4.78, 5) is 39.9. The van der Waals surface area contributed by atoms with E-state index in [1.807, 2.05) is 38.1 Å². The Kier molecular flexibility index (Phi) is 9.63. The van der Waals surface area contributed by atoms with Gasteiger partial charge in [0, 0.05) is 6.42 Å². The van der Waals surface area contributed by atoms with Gasteiger partial charge in [0.05, 0.1) is 19.7 Å². The van der Waals surface area contributed by atoms with Gasteiger partial charge in [0.15, 0.2) is 12.2 Å². The summed E-state index contributed by atoms with van der Waals surface area (Å²) in [5.74, 6) is 0.338. The maximum atomic E-state index is 13.2. The average Bonchev–Trinajstić information content (AvgIpc) is 3.02. The molecule has 0 spiro atoms. The highest BCUT2D eigenvalue weighted by Crippen LogP contribution is 2.30. The minimum absolute atomic E-state index is 0.00535. The summed E-state index contributed by atoms with van der Waals surface area (Å²) in [7, 11) is 1.58. The molecule has 1 aliphatic rings. The van der Waals surface area contributed by atoms with Crippen LogP contribution in [0.4, 0.5) is 9.59 Å². The van der Waals surface area contributed by atoms with Crippen LogP contribution in [0.2, 0.25) is 0 Å². The number of hydrogen-bond acceptors (Lipinski definition) is 8. The number of carbonyl (C=O) groups excluding carboxylic acids is 3. The molecule has 0 aromatic heterocycles. The third-order valence-corrected chi connectivity index (χ3v) is 5.23. The zero-order valence-corrected chi connectivity index (χ0v) is 23.0. The largest absolute Gasteiger partial charge is 0.509 e. The number of hydrogen-bond donors (Lipinski definition) is 0. The van der Waals surface area contributed by atoms with Crippen molar-refractivity contribution in [2.24, 2.45) is 5.92 Å². The van der Waals surface area contributed by atoms with Crippen molar-refractivity contribution >= 4 is 18.2 Å². The fraction of sp³-hybridized carbons (Fsp3) is 0.667. The lowest BCUT2D eigenvalue weighted by atomic mass is 10.0. The average molecular weight is 508 g/mol. The predicted molar refractivity (Wildman–Crippen MR) is 134 cm³/mol. The molecule has 0 saturated carbocycles. The number of esters is 1. The van der Waals surface area contributed by atoms with E-state index >= 15 is 0 Å². The van der Waals surface area contributed by atoms with Crippen molar-refractivity contribution in [3.8, 4) is 5.75 Å². The lowest BCUT2D eigenvalue weighted by molar-refractivity contribution is -0.156. The second-order valence-electron chi connectivity index (χ2n) is 11.4. The second-order valence-corrected chi connectivity index (χ2v) is 11.4. The number of rotatable bonds is 7. The Labute approximate surface area is 214 Å². The van der Waals surface area contributed by atoms with E-state index in [0.29, 0.717) is 12.2 Å². The molecule has 1 amide bonds. The van der Waals surface area contributed by atoms with Crippen molar-refractivity contribution in [1.29, 1.82) is 0 Å². The molecule has 1 aromatic carbocycles. The van der Waals surface area contributed by atoms with Crippen LogP contribution in [0.5, 0.6) is 5.75 Å². The van der Waals surface area contributed by atoms with Crippen LogP contribution in [-0.4, -0.2) is 66.2 Å². The second kappa shape index (κ2) is 11.8. The van der Waals surface area contributed by atoms with Gasteiger partial charge in [-0.3, -0.25) is 9.69 Å². The van der Waals surface area contributed by atoms with Crippen molar-refractivity contribution in [2.45, 2.75) is 97.7 Å². The van der Waals surface area contributed by atoms with Crippen molar-refractivity contribution < 1.29 is 38.1 Å². The number of amides is 1. The highest BCUT2D eigenvalue weighted by molar-refractivity contribution is 5.72. The molecule has 9 nitrogen and oxygen atoms in total. The molecule has 2 rings (SSSR count). The third-order valence-electron chi connectivity index (χ3n) is 5.23. The topological polar surface area (TPSA) is 101 Å². The Morgan fingerprint density at radius 3 is 2.03 bits per heavy atom. The Balaban J connectivity index is 2.41. The number of likely N-dealkylation sites (tertiary alicyclic amines) is 1. The van der Waals surface area contributed by atoms with Gasteiger partial charge in [0.25, 0.3) is 0 Å². The minimum Gasteiger partial charge on any atom is -0.497 e. The van der Waals surface area contributed by atoms with Crippen molar-refractivity contribution in [3.05, 3.63) is 29.8 Å². The lowest BCUT2D eigenvalue weighted by Crippen LogP contribution is -2.45. The summed E-state index contributed by atoms with van der Waals surface area (Å²) in [6, 6.07) is 6.76. The van der Waals surface area contributed by atoms with E-state index in [2.05, 4.69) is 0 Å². The first-order valence-corrected chi connectivity index (χ1v) is 12.3. The van der Waals surface area contributed by atoms with Gasteiger partial charge in [-0.1, -0.05) is 26.0 Å². The zero-order valence-electron chi connectivity index (χ0n) is 23.0. The van der Waals surface area contributed by atoms with E-state index in [-0.39, 0.29) is 18.9 Å². The smallest absolute Gasteiger partial charge is 0.497 e. The maximum Gasteiger partial charge on any atom is 0.509 e. The number of benzene rings is 1. The summed E-state index contributed by atoms with van der Waals surface area (Å²) < 4.78 is 27.7. The molecule has 0 radical (unpaired) electrons. The Morgan fingerprint density at radius 1 is 0.944 bits per heavy atom. The Morgan fingerprint density at radius 2 is 1.53 bits per heavy atom. The molecule has 36 heavy (non-hydrogen) atoms. The van der Waals surface area contributed by atoms with Gasteiger partial charge in [0.2, 0.25) is 0 Å². The zero-order chi connectivity index (χ0) is 27.3. The first-order chi connectivity index (χ1) is 16.6. The van der Waals surface area contributed by atoms with Crippen LogP contribution < -0.4 is 4.74 Å². The van der Waals surface area contributed by atoms with Crippen LogP contribution in [0, 0.1) is 5.92 Å². The fourth-order valence-electron chi connectivity index (χ4n) is 3.81. The molecular formula is C27H41NO8. The van der Waals surface area contributed by atoms with Gasteiger partial charge in [-0.15, -0.1) is 0 Å². The lowest BCUT2D eigenvalue weighted by Gasteiger charge is -2.30. The van der Waals surface area contributed by atoms with Gasteiger partial charge < -0.3 is 23.7 Å². The molecule has 0 aliphatic carbocycles. The summed E-state index contributed by atoms with van der Waals surface area (Å²) in [5.41, 5.74) is -0.625. The van der Waals surface area contributed by atoms with Crippen molar-refractivity contribution in [2.75, 3.05) is 13.7 Å². The molecule has 202 valence electrons. The first kappa shape index (κ1) is 29.3. The molecule has 1 aromatic rings. The van der Waals surface area contributed by atoms with Gasteiger partial charge in [-0.25, -0.2) is 9.59 Å². The van der Waals surface area contributed by atoms with Gasteiger partial charge in [0.1, 0.15) is 17.0 Å². The molecule has 1 fully saturated rings.